The van der Waals surface area contributed by atoms with Crippen molar-refractivity contribution in [1.29, 1.82) is 0 Å². The molecule has 6 nitrogen and oxygen atoms in total. The summed E-state index contributed by atoms with van der Waals surface area (Å²) in [6, 6.07) is 173. The highest BCUT2D eigenvalue weighted by atomic mass is 15.0. The molecule has 0 saturated heterocycles. The number of hydrogen-bond acceptors (Lipinski definition) is 0. The van der Waals surface area contributed by atoms with E-state index < -0.39 is 0 Å². The highest BCUT2D eigenvalue weighted by molar-refractivity contribution is 6.28. The molecule has 9 aromatic heterocycles. The zero-order valence-electron chi connectivity index (χ0n) is 71.7. The number of para-hydroxylation sites is 11. The molecule has 612 valence electrons. The topological polar surface area (TPSA) is 28.0 Å². The van der Waals surface area contributed by atoms with Gasteiger partial charge in [-0.2, -0.15) is 0 Å². The van der Waals surface area contributed by atoms with Crippen molar-refractivity contribution < 1.29 is 0 Å². The molecule has 0 atom stereocenters. The Kier molecular flexibility index (Phi) is 16.2. The second-order valence-electron chi connectivity index (χ2n) is 35.3. The van der Waals surface area contributed by atoms with E-state index in [-0.39, 0.29) is 0 Å². The summed E-state index contributed by atoms with van der Waals surface area (Å²) >= 11 is 0. The third kappa shape index (κ3) is 11.0. The predicted octanol–water partition coefficient (Wildman–Crippen LogP) is 33.8. The zero-order valence-corrected chi connectivity index (χ0v) is 71.7. The maximum atomic E-state index is 2.47. The molecule has 0 bridgehead atoms. The van der Waals surface area contributed by atoms with E-state index in [0.29, 0.717) is 0 Å². The smallest absolute Gasteiger partial charge is 0.0620 e. The van der Waals surface area contributed by atoms with Crippen LogP contribution in [0.25, 0.3) is 264 Å². The molecule has 132 heavy (non-hydrogen) atoms. The molecule has 9 heterocycles. The summed E-state index contributed by atoms with van der Waals surface area (Å²) in [7, 11) is 0. The van der Waals surface area contributed by atoms with Crippen LogP contribution < -0.4 is 0 Å². The molecular weight excluding hydrogens is 1600 g/mol. The van der Waals surface area contributed by atoms with Crippen LogP contribution in [0.3, 0.4) is 0 Å². The quantitative estimate of drug-likeness (QED) is 0.138. The Morgan fingerprint density at radius 3 is 0.765 bits per heavy atom. The normalized spacial score (nSPS) is 12.1. The molecule has 0 N–H and O–H groups in total. The molecule has 0 fully saturated rings. The molecule has 0 aliphatic carbocycles. The van der Waals surface area contributed by atoms with Crippen LogP contribution in [-0.4, -0.2) is 26.9 Å². The highest BCUT2D eigenvalue weighted by Crippen LogP contribution is 2.49. The second kappa shape index (κ2) is 29.0. The average molecular weight is 1680 g/mol. The Hall–Kier alpha value is -17.6. The van der Waals surface area contributed by atoms with Gasteiger partial charge in [0.1, 0.15) is 0 Å². The molecule has 0 unspecified atom stereocenters. The van der Waals surface area contributed by atoms with Crippen molar-refractivity contribution in [2.24, 2.45) is 0 Å². The van der Waals surface area contributed by atoms with Gasteiger partial charge in [0, 0.05) is 125 Å². The largest absolute Gasteiger partial charge is 0.309 e. The lowest BCUT2D eigenvalue weighted by Crippen LogP contribution is -1.95. The minimum absolute atomic E-state index is 1.17. The van der Waals surface area contributed by atoms with Crippen LogP contribution >= 0.6 is 0 Å². The van der Waals surface area contributed by atoms with Gasteiger partial charge in [0.15, 0.2) is 0 Å². The number of benzene rings is 21. The van der Waals surface area contributed by atoms with Gasteiger partial charge in [-0.15, -0.1) is 0 Å². The third-order valence-corrected chi connectivity index (χ3v) is 28.3. The average Bonchev–Trinajstić information content (AvgIpc) is 1.52. The number of nitrogens with zero attached hydrogens (tertiary/aromatic N) is 6. The molecule has 0 spiro atoms. The highest BCUT2D eigenvalue weighted by Gasteiger charge is 2.26. The molecule has 0 aliphatic heterocycles. The lowest BCUT2D eigenvalue weighted by atomic mass is 9.95. The second-order valence-corrected chi connectivity index (χ2v) is 35.3. The molecule has 0 radical (unpaired) electrons. The van der Waals surface area contributed by atoms with Crippen molar-refractivity contribution in [2.75, 3.05) is 0 Å². The molecule has 0 saturated carbocycles. The van der Waals surface area contributed by atoms with E-state index in [0.717, 1.165) is 0 Å². The van der Waals surface area contributed by atoms with Gasteiger partial charge in [-0.1, -0.05) is 346 Å². The monoisotopic (exact) mass is 1670 g/mol. The summed E-state index contributed by atoms with van der Waals surface area (Å²) < 4.78 is 14.6. The van der Waals surface area contributed by atoms with Crippen LogP contribution in [0.2, 0.25) is 0 Å². The number of aromatic nitrogens is 6. The predicted molar refractivity (Wildman–Crippen MR) is 559 cm³/mol. The van der Waals surface area contributed by atoms with Crippen molar-refractivity contribution in [1.82, 2.24) is 26.9 Å². The molecular formula is C126H78N6. The molecule has 21 aromatic carbocycles. The van der Waals surface area contributed by atoms with Gasteiger partial charge in [-0.05, 0) is 183 Å². The minimum atomic E-state index is 1.17. The first-order valence-electron chi connectivity index (χ1n) is 45.6. The Balaban J connectivity index is 0.0000000991. The van der Waals surface area contributed by atoms with Crippen molar-refractivity contribution in [3.63, 3.8) is 0 Å². The summed E-state index contributed by atoms with van der Waals surface area (Å²) in [5.74, 6) is 0. The van der Waals surface area contributed by atoms with Gasteiger partial charge in [0.25, 0.3) is 0 Å². The van der Waals surface area contributed by atoms with Gasteiger partial charge in [-0.3, -0.25) is 0 Å². The molecule has 0 amide bonds. The van der Waals surface area contributed by atoms with Gasteiger partial charge in [0.2, 0.25) is 0 Å². The number of rotatable bonds is 9. The van der Waals surface area contributed by atoms with E-state index in [4.69, 9.17) is 0 Å². The fraction of sp³-hybridized carbons (Fsp3) is 0. The Morgan fingerprint density at radius 1 is 0.106 bits per heavy atom. The fourth-order valence-electron chi connectivity index (χ4n) is 22.6. The van der Waals surface area contributed by atoms with Crippen LogP contribution in [0.4, 0.5) is 0 Å². The third-order valence-electron chi connectivity index (χ3n) is 28.3. The van der Waals surface area contributed by atoms with Crippen LogP contribution in [0.1, 0.15) is 0 Å². The molecule has 6 heteroatoms. The first-order chi connectivity index (χ1) is 65.5. The van der Waals surface area contributed by atoms with Crippen molar-refractivity contribution in [3.05, 3.63) is 473 Å². The van der Waals surface area contributed by atoms with Crippen LogP contribution in [-0.2, 0) is 0 Å². The summed E-state index contributed by atoms with van der Waals surface area (Å²) in [6.45, 7) is 0. The lowest BCUT2D eigenvalue weighted by molar-refractivity contribution is 1.18. The van der Waals surface area contributed by atoms with E-state index in [1.165, 1.54) is 264 Å². The maximum Gasteiger partial charge on any atom is 0.0620 e. The molecule has 30 rings (SSSR count). The van der Waals surface area contributed by atoms with Crippen molar-refractivity contribution in [3.8, 4) is 83.8 Å². The van der Waals surface area contributed by atoms with E-state index in [2.05, 4.69) is 500 Å². The zero-order chi connectivity index (χ0) is 86.3. The Bertz CT molecular complexity index is 9650. The summed E-state index contributed by atoms with van der Waals surface area (Å²) in [6.07, 6.45) is 0. The van der Waals surface area contributed by atoms with E-state index in [9.17, 15) is 0 Å². The lowest BCUT2D eigenvalue weighted by Gasteiger charge is -2.14. The Morgan fingerprint density at radius 2 is 0.356 bits per heavy atom. The van der Waals surface area contributed by atoms with E-state index >= 15 is 0 Å². The van der Waals surface area contributed by atoms with Gasteiger partial charge >= 0.3 is 0 Å². The summed E-state index contributed by atoms with van der Waals surface area (Å²) in [5.41, 5.74) is 37.1. The van der Waals surface area contributed by atoms with Crippen molar-refractivity contribution in [2.45, 2.75) is 0 Å². The van der Waals surface area contributed by atoms with Crippen molar-refractivity contribution >= 4 is 180 Å². The van der Waals surface area contributed by atoms with Crippen LogP contribution in [0.15, 0.2) is 473 Å². The maximum absolute atomic E-state index is 2.47. The van der Waals surface area contributed by atoms with Gasteiger partial charge in [-0.25, -0.2) is 0 Å². The summed E-state index contributed by atoms with van der Waals surface area (Å²) in [4.78, 5) is 0. The molecule has 0 aliphatic rings. The van der Waals surface area contributed by atoms with E-state index in [1.807, 2.05) is 0 Å². The Labute approximate surface area is 758 Å². The standard InChI is InChI=1S/3C42H26N2/c1-3-12-27(13-4-1)36-24-29(25-37-32-17-8-9-20-38(32)43(42(36)37)30-14-5-2-6-15-30)28-22-23-33-35-19-11-18-34-31-16-7-10-21-39(31)44(41(34)35)40(33)26-28;1-3-11-27(12-4-1)31-16-9-19-36-37-25-28(22-24-39(37)43(41(31)36)30-13-5-2-6-14-30)29-21-23-33-35-18-10-17-34-32-15-7-8-20-38(32)44(42(34)35)40(33)26-29;1-3-10-27(11-4-1)28-19-22-39-36(24-28)37-25-29(20-23-40(37)43(39)31-12-5-2-6-13-31)30-18-21-33-35-16-9-15-34-32-14-7-8-17-38(32)44(42(34)35)41(33)26-30/h3*1-26H. The van der Waals surface area contributed by atoms with Crippen LogP contribution in [0.5, 0.6) is 0 Å². The fourth-order valence-corrected chi connectivity index (χ4v) is 22.6. The summed E-state index contributed by atoms with van der Waals surface area (Å²) in [5, 5.41) is 23.3. The first-order valence-corrected chi connectivity index (χ1v) is 45.6. The molecule has 30 aromatic rings. The van der Waals surface area contributed by atoms with Crippen LogP contribution in [0, 0.1) is 0 Å². The number of fused-ring (bicyclic) bond motifs is 27. The van der Waals surface area contributed by atoms with Gasteiger partial charge in [0.05, 0.1) is 82.8 Å². The SMILES string of the molecule is c1ccc(-c2cc(-c3ccc4c5cccc6c7ccccc7n(c4c3)c65)cc3c4ccccc4n(-c4ccccc4)c23)cc1.c1ccc(-c2ccc3c(c2)c2cc(-c4ccc5c6cccc7c8ccccc8n(c5c4)c76)ccc2n3-c2ccccc2)cc1.c1ccc(-c2cccc3c4cc(-c5ccc6c7cccc8c9ccccc9n(c6c5)c87)ccc4n(-c4ccccc4)c23)cc1. The number of hydrogen-bond donors (Lipinski definition) is 0. The van der Waals surface area contributed by atoms with Gasteiger partial charge < -0.3 is 26.9 Å². The minimum Gasteiger partial charge on any atom is -0.309 e. The first kappa shape index (κ1) is 73.6. The van der Waals surface area contributed by atoms with E-state index in [1.54, 1.807) is 0 Å².